The molecule has 2 saturated carbocycles. The molecule has 3 nitrogen and oxygen atoms in total. The first-order chi connectivity index (χ1) is 13.5. The highest BCUT2D eigenvalue weighted by Gasteiger charge is 2.46. The summed E-state index contributed by atoms with van der Waals surface area (Å²) in [4.78, 5) is 11.1. The number of carbonyl (C=O) groups is 1. The van der Waals surface area contributed by atoms with Gasteiger partial charge in [0.15, 0.2) is 0 Å². The molecule has 2 fully saturated rings. The predicted octanol–water partition coefficient (Wildman–Crippen LogP) is 7.35. The molecule has 0 aromatic heterocycles. The normalized spacial score (nSPS) is 28.4. The van der Waals surface area contributed by atoms with Crippen LogP contribution in [-0.2, 0) is 4.79 Å². The van der Waals surface area contributed by atoms with E-state index in [4.69, 9.17) is 5.11 Å². The van der Waals surface area contributed by atoms with Gasteiger partial charge in [-0.3, -0.25) is 4.79 Å². The van der Waals surface area contributed by atoms with Crippen molar-refractivity contribution in [1.29, 1.82) is 5.26 Å². The molecule has 0 radical (unpaired) electrons. The molecule has 3 heteroatoms. The van der Waals surface area contributed by atoms with E-state index in [2.05, 4.69) is 19.9 Å². The number of rotatable bonds is 11. The van der Waals surface area contributed by atoms with Gasteiger partial charge in [-0.2, -0.15) is 5.26 Å². The molecule has 0 amide bonds. The Kier molecular flexibility index (Phi) is 9.83. The Hall–Kier alpha value is -1.04. The van der Waals surface area contributed by atoms with Gasteiger partial charge < -0.3 is 5.11 Å². The van der Waals surface area contributed by atoms with Crippen LogP contribution in [0.15, 0.2) is 0 Å². The quantitative estimate of drug-likeness (QED) is 0.376. The molecule has 0 heterocycles. The van der Waals surface area contributed by atoms with E-state index in [1.807, 2.05) is 0 Å². The van der Waals surface area contributed by atoms with Crippen molar-refractivity contribution in [2.45, 2.75) is 117 Å². The van der Waals surface area contributed by atoms with Gasteiger partial charge in [-0.25, -0.2) is 0 Å². The molecule has 0 saturated heterocycles. The lowest BCUT2D eigenvalue weighted by atomic mass is 9.53. The van der Waals surface area contributed by atoms with Crippen LogP contribution in [0.1, 0.15) is 117 Å². The van der Waals surface area contributed by atoms with E-state index in [1.54, 1.807) is 0 Å². The minimum Gasteiger partial charge on any atom is -0.481 e. The molecule has 0 aliphatic heterocycles. The third-order valence-corrected chi connectivity index (χ3v) is 8.04. The second kappa shape index (κ2) is 11.8. The number of nitriles is 1. The molecule has 0 spiro atoms. The molecule has 160 valence electrons. The van der Waals surface area contributed by atoms with E-state index in [-0.39, 0.29) is 12.3 Å². The number of unbranched alkanes of at least 4 members (excludes halogenated alkanes) is 4. The first kappa shape index (κ1) is 23.2. The van der Waals surface area contributed by atoms with Crippen molar-refractivity contribution in [1.82, 2.24) is 0 Å². The molecule has 4 atom stereocenters. The lowest BCUT2D eigenvalue weighted by molar-refractivity contribution is -0.137. The van der Waals surface area contributed by atoms with Gasteiger partial charge in [0.05, 0.1) is 6.07 Å². The average Bonchev–Trinajstić information content (AvgIpc) is 2.72. The number of carboxylic acids is 1. The molecular formula is C25H43NO2. The minimum absolute atomic E-state index is 0.215. The summed E-state index contributed by atoms with van der Waals surface area (Å²) in [6, 6.07) is 2.59. The summed E-state index contributed by atoms with van der Waals surface area (Å²) < 4.78 is 0. The molecule has 0 aromatic rings. The highest BCUT2D eigenvalue weighted by atomic mass is 16.4. The Morgan fingerprint density at radius 2 is 1.86 bits per heavy atom. The van der Waals surface area contributed by atoms with Crippen LogP contribution in [0.25, 0.3) is 0 Å². The number of carboxylic acid groups (broad SMARTS) is 1. The van der Waals surface area contributed by atoms with Gasteiger partial charge in [0.25, 0.3) is 0 Å². The summed E-state index contributed by atoms with van der Waals surface area (Å²) >= 11 is 0. The molecule has 0 aromatic carbocycles. The van der Waals surface area contributed by atoms with Crippen LogP contribution in [0.5, 0.6) is 0 Å². The summed E-state index contributed by atoms with van der Waals surface area (Å²) in [6.45, 7) is 4.56. The first-order valence-corrected chi connectivity index (χ1v) is 12.1. The van der Waals surface area contributed by atoms with Crippen molar-refractivity contribution < 1.29 is 9.90 Å². The zero-order valence-electron chi connectivity index (χ0n) is 18.4. The number of hydrogen-bond acceptors (Lipinski definition) is 2. The Morgan fingerprint density at radius 1 is 1.14 bits per heavy atom. The summed E-state index contributed by atoms with van der Waals surface area (Å²) in [7, 11) is 0. The topological polar surface area (TPSA) is 61.1 Å². The largest absolute Gasteiger partial charge is 0.481 e. The molecule has 1 N–H and O–H groups in total. The summed E-state index contributed by atoms with van der Waals surface area (Å²) in [5.41, 5.74) is 0.419. The Morgan fingerprint density at radius 3 is 2.50 bits per heavy atom. The first-order valence-electron chi connectivity index (χ1n) is 12.1. The number of hydrogen-bond donors (Lipinski definition) is 1. The van der Waals surface area contributed by atoms with Crippen LogP contribution >= 0.6 is 0 Å². The van der Waals surface area contributed by atoms with Crippen molar-refractivity contribution in [2.24, 2.45) is 29.1 Å². The molecule has 2 aliphatic rings. The Labute approximate surface area is 173 Å². The molecule has 2 rings (SSSR count). The van der Waals surface area contributed by atoms with Gasteiger partial charge in [-0.05, 0) is 68.1 Å². The molecule has 4 unspecified atom stereocenters. The standard InChI is InChI=1S/C25H43NO2/c1-3-4-5-6-8-15-25(16-9-7-10-17-25)23-18-21(19-26)12-13-22(23)20(2)11-14-24(27)28/h20-23H,3-18H2,1-2H3,(H,27,28). The van der Waals surface area contributed by atoms with E-state index in [1.165, 1.54) is 70.6 Å². The fraction of sp³-hybridized carbons (Fsp3) is 0.920. The van der Waals surface area contributed by atoms with E-state index < -0.39 is 5.97 Å². The second-order valence-corrected chi connectivity index (χ2v) is 9.91. The summed E-state index contributed by atoms with van der Waals surface area (Å²) in [5.74, 6) is 1.24. The summed E-state index contributed by atoms with van der Waals surface area (Å²) in [5, 5.41) is 18.8. The average molecular weight is 390 g/mol. The van der Waals surface area contributed by atoms with Gasteiger partial charge in [0, 0.05) is 12.3 Å². The maximum atomic E-state index is 11.1. The van der Waals surface area contributed by atoms with E-state index >= 15 is 0 Å². The Balaban J connectivity index is 2.13. The second-order valence-electron chi connectivity index (χ2n) is 9.91. The maximum absolute atomic E-state index is 11.1. The summed E-state index contributed by atoms with van der Waals surface area (Å²) in [6.07, 6.45) is 19.0. The van der Waals surface area contributed by atoms with Crippen LogP contribution in [0.3, 0.4) is 0 Å². The fourth-order valence-electron chi connectivity index (χ4n) is 6.40. The number of aliphatic carboxylic acids is 1. The van der Waals surface area contributed by atoms with E-state index in [0.29, 0.717) is 23.2 Å². The lowest BCUT2D eigenvalue weighted by Gasteiger charge is -2.51. The van der Waals surface area contributed by atoms with E-state index in [9.17, 15) is 10.1 Å². The van der Waals surface area contributed by atoms with Gasteiger partial charge in [0.2, 0.25) is 0 Å². The fourth-order valence-corrected chi connectivity index (χ4v) is 6.40. The van der Waals surface area contributed by atoms with E-state index in [0.717, 1.165) is 25.7 Å². The third kappa shape index (κ3) is 6.50. The maximum Gasteiger partial charge on any atom is 0.303 e. The highest BCUT2D eigenvalue weighted by molar-refractivity contribution is 5.66. The SMILES string of the molecule is CCCCCCCC1(C2CC(C#N)CCC2C(C)CCC(=O)O)CCCCC1. The molecule has 2 aliphatic carbocycles. The van der Waals surface area contributed by atoms with Crippen LogP contribution in [-0.4, -0.2) is 11.1 Å². The Bertz CT molecular complexity index is 503. The van der Waals surface area contributed by atoms with Crippen molar-refractivity contribution in [3.63, 3.8) is 0 Å². The molecule has 28 heavy (non-hydrogen) atoms. The number of nitrogens with zero attached hydrogens (tertiary/aromatic N) is 1. The van der Waals surface area contributed by atoms with Gasteiger partial charge in [-0.1, -0.05) is 65.2 Å². The zero-order valence-corrected chi connectivity index (χ0v) is 18.4. The smallest absolute Gasteiger partial charge is 0.303 e. The zero-order chi connectivity index (χ0) is 20.4. The van der Waals surface area contributed by atoms with Gasteiger partial charge in [0.1, 0.15) is 0 Å². The van der Waals surface area contributed by atoms with Crippen molar-refractivity contribution in [2.75, 3.05) is 0 Å². The molecule has 0 bridgehead atoms. The van der Waals surface area contributed by atoms with Gasteiger partial charge >= 0.3 is 5.97 Å². The van der Waals surface area contributed by atoms with Crippen LogP contribution in [0.2, 0.25) is 0 Å². The monoisotopic (exact) mass is 389 g/mol. The highest BCUT2D eigenvalue weighted by Crippen LogP contribution is 2.56. The van der Waals surface area contributed by atoms with Crippen LogP contribution in [0, 0.1) is 40.4 Å². The molecular weight excluding hydrogens is 346 g/mol. The third-order valence-electron chi connectivity index (χ3n) is 8.04. The van der Waals surface area contributed by atoms with Gasteiger partial charge in [-0.15, -0.1) is 0 Å². The lowest BCUT2D eigenvalue weighted by Crippen LogP contribution is -2.43. The minimum atomic E-state index is -0.669. The predicted molar refractivity (Wildman–Crippen MR) is 115 cm³/mol. The van der Waals surface area contributed by atoms with Crippen molar-refractivity contribution >= 4 is 5.97 Å². The van der Waals surface area contributed by atoms with Crippen molar-refractivity contribution in [3.8, 4) is 6.07 Å². The van der Waals surface area contributed by atoms with Crippen LogP contribution < -0.4 is 0 Å². The van der Waals surface area contributed by atoms with Crippen LogP contribution in [0.4, 0.5) is 0 Å². The van der Waals surface area contributed by atoms with Crippen molar-refractivity contribution in [3.05, 3.63) is 0 Å².